The third kappa shape index (κ3) is 9.53. The minimum absolute atomic E-state index is 0.0667. The first-order valence-corrected chi connectivity index (χ1v) is 8.78. The lowest BCUT2D eigenvalue weighted by atomic mass is 10.3. The zero-order valence-electron chi connectivity index (χ0n) is 9.24. The SMILES string of the molecule is NCC(=O)N[C@@H](CSSCCS(=O)(=O)O)C(=O)O. The first-order chi connectivity index (χ1) is 8.26. The Labute approximate surface area is 112 Å². The summed E-state index contributed by atoms with van der Waals surface area (Å²) >= 11 is 0. The van der Waals surface area contributed by atoms with Crippen LogP contribution in [0.3, 0.4) is 0 Å². The van der Waals surface area contributed by atoms with E-state index in [0.717, 1.165) is 21.6 Å². The fraction of sp³-hybridized carbons (Fsp3) is 0.714. The van der Waals surface area contributed by atoms with Crippen molar-refractivity contribution in [2.45, 2.75) is 6.04 Å². The van der Waals surface area contributed by atoms with Crippen molar-refractivity contribution in [1.82, 2.24) is 5.32 Å². The first kappa shape index (κ1) is 17.5. The van der Waals surface area contributed by atoms with Crippen LogP contribution < -0.4 is 11.1 Å². The number of hydrogen-bond acceptors (Lipinski definition) is 7. The molecule has 11 heteroatoms. The fourth-order valence-electron chi connectivity index (χ4n) is 0.742. The van der Waals surface area contributed by atoms with Gasteiger partial charge in [0.1, 0.15) is 6.04 Å². The van der Waals surface area contributed by atoms with Gasteiger partial charge in [0, 0.05) is 11.5 Å². The molecule has 0 fully saturated rings. The van der Waals surface area contributed by atoms with Gasteiger partial charge in [-0.15, -0.1) is 0 Å². The molecule has 8 nitrogen and oxygen atoms in total. The van der Waals surface area contributed by atoms with Crippen LogP contribution in [0.25, 0.3) is 0 Å². The molecule has 0 aliphatic heterocycles. The Hall–Kier alpha value is -0.490. The van der Waals surface area contributed by atoms with Gasteiger partial charge in [-0.1, -0.05) is 21.6 Å². The maximum atomic E-state index is 10.9. The van der Waals surface area contributed by atoms with E-state index in [4.69, 9.17) is 15.4 Å². The highest BCUT2D eigenvalue weighted by Gasteiger charge is 2.19. The van der Waals surface area contributed by atoms with Crippen molar-refractivity contribution < 1.29 is 27.7 Å². The monoisotopic (exact) mass is 318 g/mol. The number of carbonyl (C=O) groups is 2. The zero-order chi connectivity index (χ0) is 14.2. The number of hydrogen-bond donors (Lipinski definition) is 4. The highest BCUT2D eigenvalue weighted by molar-refractivity contribution is 8.76. The Bertz CT molecular complexity index is 385. The predicted molar refractivity (Wildman–Crippen MR) is 70.0 cm³/mol. The van der Waals surface area contributed by atoms with Crippen molar-refractivity contribution in [1.29, 1.82) is 0 Å². The van der Waals surface area contributed by atoms with E-state index in [1.165, 1.54) is 0 Å². The van der Waals surface area contributed by atoms with Gasteiger partial charge in [0.15, 0.2) is 0 Å². The number of carbonyl (C=O) groups excluding carboxylic acids is 1. The lowest BCUT2D eigenvalue weighted by Crippen LogP contribution is -2.44. The molecule has 0 aromatic carbocycles. The van der Waals surface area contributed by atoms with Crippen molar-refractivity contribution in [2.24, 2.45) is 5.73 Å². The molecule has 0 aliphatic carbocycles. The highest BCUT2D eigenvalue weighted by atomic mass is 33.1. The molecule has 5 N–H and O–H groups in total. The molecule has 1 atom stereocenters. The summed E-state index contributed by atoms with van der Waals surface area (Å²) in [6, 6.07) is -1.08. The van der Waals surface area contributed by atoms with Crippen LogP contribution in [-0.4, -0.2) is 59.8 Å². The maximum absolute atomic E-state index is 10.9. The summed E-state index contributed by atoms with van der Waals surface area (Å²) in [6.45, 7) is -0.301. The van der Waals surface area contributed by atoms with Crippen LogP contribution in [0.5, 0.6) is 0 Å². The third-order valence-electron chi connectivity index (χ3n) is 1.56. The van der Waals surface area contributed by atoms with E-state index in [9.17, 15) is 18.0 Å². The smallest absolute Gasteiger partial charge is 0.327 e. The quantitative estimate of drug-likeness (QED) is 0.233. The van der Waals surface area contributed by atoms with Gasteiger partial charge in [-0.25, -0.2) is 4.79 Å². The standard InChI is InChI=1S/C7H14N2O6S3/c8-3-6(10)9-5(7(11)12)4-17-16-1-2-18(13,14)15/h5H,1-4,8H2,(H,9,10)(H,11,12)(H,13,14,15)/t5-/m0/s1. The van der Waals surface area contributed by atoms with Gasteiger partial charge in [0.25, 0.3) is 10.1 Å². The minimum atomic E-state index is -4.00. The molecule has 0 aromatic heterocycles. The van der Waals surface area contributed by atoms with Crippen LogP contribution in [0.1, 0.15) is 0 Å². The molecule has 0 heterocycles. The fourth-order valence-corrected chi connectivity index (χ4v) is 4.10. The third-order valence-corrected chi connectivity index (χ3v) is 4.95. The second-order valence-electron chi connectivity index (χ2n) is 3.05. The summed E-state index contributed by atoms with van der Waals surface area (Å²) in [5.41, 5.74) is 5.03. The van der Waals surface area contributed by atoms with Crippen LogP contribution in [-0.2, 0) is 19.7 Å². The number of nitrogens with two attached hydrogens (primary N) is 1. The normalized spacial score (nSPS) is 13.0. The van der Waals surface area contributed by atoms with Crippen molar-refractivity contribution in [3.63, 3.8) is 0 Å². The molecule has 0 saturated carbocycles. The number of nitrogens with one attached hydrogen (secondary N) is 1. The average molecular weight is 318 g/mol. The van der Waals surface area contributed by atoms with E-state index in [1.54, 1.807) is 0 Å². The predicted octanol–water partition coefficient (Wildman–Crippen LogP) is -1.22. The second kappa shape index (κ2) is 8.58. The molecular formula is C7H14N2O6S3. The Morgan fingerprint density at radius 3 is 2.39 bits per heavy atom. The van der Waals surface area contributed by atoms with Gasteiger partial charge >= 0.3 is 5.97 Å². The largest absolute Gasteiger partial charge is 0.480 e. The molecule has 0 radical (unpaired) electrons. The molecule has 1 amide bonds. The van der Waals surface area contributed by atoms with Gasteiger partial charge in [-0.2, -0.15) is 8.42 Å². The minimum Gasteiger partial charge on any atom is -0.480 e. The summed E-state index contributed by atoms with van der Waals surface area (Å²) in [5.74, 6) is -1.99. The van der Waals surface area contributed by atoms with Gasteiger partial charge in [0.05, 0.1) is 12.3 Å². The van der Waals surface area contributed by atoms with Crippen LogP contribution in [0.4, 0.5) is 0 Å². The van der Waals surface area contributed by atoms with Crippen LogP contribution >= 0.6 is 21.6 Å². The molecule has 0 spiro atoms. The molecule has 18 heavy (non-hydrogen) atoms. The number of carboxylic acid groups (broad SMARTS) is 1. The van der Waals surface area contributed by atoms with Crippen molar-refractivity contribution in [3.05, 3.63) is 0 Å². The lowest BCUT2D eigenvalue weighted by molar-refractivity contribution is -0.140. The summed E-state index contributed by atoms with van der Waals surface area (Å²) < 4.78 is 29.2. The Balaban J connectivity index is 3.92. The molecule has 0 aromatic rings. The van der Waals surface area contributed by atoms with E-state index in [2.05, 4.69) is 5.32 Å². The van der Waals surface area contributed by atoms with Gasteiger partial charge in [-0.3, -0.25) is 9.35 Å². The van der Waals surface area contributed by atoms with E-state index in [0.29, 0.717) is 0 Å². The molecule has 0 bridgehead atoms. The average Bonchev–Trinajstić information content (AvgIpc) is 2.24. The van der Waals surface area contributed by atoms with Crippen molar-refractivity contribution in [3.8, 4) is 0 Å². The second-order valence-corrected chi connectivity index (χ2v) is 7.25. The Morgan fingerprint density at radius 2 is 1.94 bits per heavy atom. The molecule has 0 rings (SSSR count). The summed E-state index contributed by atoms with van der Waals surface area (Å²) in [6.07, 6.45) is 0. The van der Waals surface area contributed by atoms with Gasteiger partial charge in [0.2, 0.25) is 5.91 Å². The van der Waals surface area contributed by atoms with Crippen LogP contribution in [0, 0.1) is 0 Å². The molecule has 0 unspecified atom stereocenters. The topological polar surface area (TPSA) is 147 Å². The number of rotatable bonds is 9. The van der Waals surface area contributed by atoms with E-state index in [-0.39, 0.29) is 18.1 Å². The van der Waals surface area contributed by atoms with Gasteiger partial charge in [-0.05, 0) is 0 Å². The summed E-state index contributed by atoms with van der Waals surface area (Å²) in [4.78, 5) is 21.7. The summed E-state index contributed by atoms with van der Waals surface area (Å²) in [5, 5.41) is 11.0. The van der Waals surface area contributed by atoms with E-state index >= 15 is 0 Å². The molecule has 106 valence electrons. The lowest BCUT2D eigenvalue weighted by Gasteiger charge is -2.12. The van der Waals surface area contributed by atoms with Crippen molar-refractivity contribution in [2.75, 3.05) is 23.8 Å². The maximum Gasteiger partial charge on any atom is 0.327 e. The molecule has 0 aliphatic rings. The number of carboxylic acids is 1. The van der Waals surface area contributed by atoms with Crippen molar-refractivity contribution >= 4 is 43.6 Å². The van der Waals surface area contributed by atoms with E-state index in [1.807, 2.05) is 0 Å². The molecule has 0 saturated heterocycles. The zero-order valence-corrected chi connectivity index (χ0v) is 11.7. The molecular weight excluding hydrogens is 304 g/mol. The summed E-state index contributed by atoms with van der Waals surface area (Å²) in [7, 11) is -1.82. The van der Waals surface area contributed by atoms with Gasteiger partial charge < -0.3 is 16.2 Å². The Morgan fingerprint density at radius 1 is 1.33 bits per heavy atom. The van der Waals surface area contributed by atoms with E-state index < -0.39 is 33.8 Å². The number of aliphatic carboxylic acids is 1. The number of amides is 1. The van der Waals surface area contributed by atoms with Crippen LogP contribution in [0.2, 0.25) is 0 Å². The first-order valence-electron chi connectivity index (χ1n) is 4.68. The Kier molecular flexibility index (Phi) is 8.35. The van der Waals surface area contributed by atoms with Crippen LogP contribution in [0.15, 0.2) is 0 Å². The highest BCUT2D eigenvalue weighted by Crippen LogP contribution is 2.22.